The van der Waals surface area contributed by atoms with Crippen LogP contribution < -0.4 is 5.32 Å². The van der Waals surface area contributed by atoms with Gasteiger partial charge in [-0.25, -0.2) is 9.37 Å². The summed E-state index contributed by atoms with van der Waals surface area (Å²) in [6, 6.07) is 8.34. The zero-order valence-corrected chi connectivity index (χ0v) is 11.5. The molecule has 0 spiro atoms. The zero-order valence-electron chi connectivity index (χ0n) is 10.8. The molecule has 6 heteroatoms. The van der Waals surface area contributed by atoms with Gasteiger partial charge in [-0.15, -0.1) is 0 Å². The molecule has 0 aliphatic rings. The predicted molar refractivity (Wildman–Crippen MR) is 77.2 cm³/mol. The Bertz CT molecular complexity index is 769. The van der Waals surface area contributed by atoms with E-state index in [1.54, 1.807) is 6.07 Å². The summed E-state index contributed by atoms with van der Waals surface area (Å²) in [5.74, 6) is 0.389. The molecule has 102 valence electrons. The van der Waals surface area contributed by atoms with E-state index in [1.807, 2.05) is 29.9 Å². The second-order valence-corrected chi connectivity index (χ2v) is 4.83. The van der Waals surface area contributed by atoms with E-state index in [1.165, 1.54) is 12.1 Å². The molecule has 4 nitrogen and oxygen atoms in total. The number of hydrogen-bond acceptors (Lipinski definition) is 3. The fourth-order valence-electron chi connectivity index (χ4n) is 2.08. The zero-order chi connectivity index (χ0) is 14.1. The quantitative estimate of drug-likeness (QED) is 0.752. The lowest BCUT2D eigenvalue weighted by Crippen LogP contribution is -2.03. The maximum atomic E-state index is 13.1. The van der Waals surface area contributed by atoms with Crippen LogP contribution in [0.25, 0.3) is 11.0 Å². The van der Waals surface area contributed by atoms with Gasteiger partial charge in [-0.05, 0) is 35.4 Å². The number of aromatic nitrogens is 3. The summed E-state index contributed by atoms with van der Waals surface area (Å²) < 4.78 is 15.0. The van der Waals surface area contributed by atoms with Crippen LogP contribution in [0.1, 0.15) is 5.56 Å². The second kappa shape index (κ2) is 5.09. The number of hydrogen-bond donors (Lipinski definition) is 1. The molecule has 1 aromatic carbocycles. The van der Waals surface area contributed by atoms with Crippen molar-refractivity contribution in [2.45, 2.75) is 6.54 Å². The van der Waals surface area contributed by atoms with Gasteiger partial charge in [-0.3, -0.25) is 0 Å². The van der Waals surface area contributed by atoms with Crippen molar-refractivity contribution in [2.24, 2.45) is 7.05 Å². The topological polar surface area (TPSA) is 42.7 Å². The van der Waals surface area contributed by atoms with E-state index in [2.05, 4.69) is 15.3 Å². The van der Waals surface area contributed by atoms with Gasteiger partial charge in [0.25, 0.3) is 0 Å². The number of nitrogens with one attached hydrogen (secondary N) is 1. The fourth-order valence-corrected chi connectivity index (χ4v) is 2.24. The first-order valence-electron chi connectivity index (χ1n) is 6.10. The second-order valence-electron chi connectivity index (χ2n) is 4.49. The van der Waals surface area contributed by atoms with E-state index < -0.39 is 0 Å². The third kappa shape index (κ3) is 2.44. The van der Waals surface area contributed by atoms with Gasteiger partial charge in [0.1, 0.15) is 17.3 Å². The van der Waals surface area contributed by atoms with Gasteiger partial charge in [0.15, 0.2) is 0 Å². The first kappa shape index (κ1) is 12.9. The van der Waals surface area contributed by atoms with Crippen molar-refractivity contribution in [3.63, 3.8) is 0 Å². The molecule has 1 N–H and O–H groups in total. The maximum Gasteiger partial charge on any atom is 0.226 e. The molecule has 0 unspecified atom stereocenters. The molecule has 0 bridgehead atoms. The Morgan fingerprint density at radius 1 is 1.30 bits per heavy atom. The van der Waals surface area contributed by atoms with Gasteiger partial charge in [0.2, 0.25) is 5.28 Å². The standard InChI is InChI=1S/C14H12ClFN4/c1-20-6-5-11-12(18-14(15)19-13(11)20)17-8-9-3-2-4-10(16)7-9/h2-7H,8H2,1H3,(H,17,18,19). The Morgan fingerprint density at radius 2 is 2.15 bits per heavy atom. The number of aryl methyl sites for hydroxylation is 1. The highest BCUT2D eigenvalue weighted by Crippen LogP contribution is 2.23. The van der Waals surface area contributed by atoms with Crippen molar-refractivity contribution in [1.29, 1.82) is 0 Å². The van der Waals surface area contributed by atoms with Gasteiger partial charge >= 0.3 is 0 Å². The van der Waals surface area contributed by atoms with Crippen molar-refractivity contribution in [1.82, 2.24) is 14.5 Å². The monoisotopic (exact) mass is 290 g/mol. The predicted octanol–water partition coefficient (Wildman–Crippen LogP) is 3.37. The Kier molecular flexibility index (Phi) is 3.28. The average Bonchev–Trinajstić information content (AvgIpc) is 2.78. The SMILES string of the molecule is Cn1ccc2c(NCc3cccc(F)c3)nc(Cl)nc21. The summed E-state index contributed by atoms with van der Waals surface area (Å²) in [5, 5.41) is 4.23. The van der Waals surface area contributed by atoms with E-state index in [9.17, 15) is 4.39 Å². The lowest BCUT2D eigenvalue weighted by molar-refractivity contribution is 0.626. The molecule has 0 atom stereocenters. The molecule has 0 saturated heterocycles. The van der Waals surface area contributed by atoms with Crippen LogP contribution in [-0.4, -0.2) is 14.5 Å². The van der Waals surface area contributed by atoms with Gasteiger partial charge in [0.05, 0.1) is 5.39 Å². The van der Waals surface area contributed by atoms with Gasteiger partial charge in [0, 0.05) is 19.8 Å². The Balaban J connectivity index is 1.91. The van der Waals surface area contributed by atoms with E-state index in [0.717, 1.165) is 16.6 Å². The third-order valence-electron chi connectivity index (χ3n) is 3.05. The van der Waals surface area contributed by atoms with Crippen LogP contribution in [0.5, 0.6) is 0 Å². The molecule has 0 radical (unpaired) electrons. The maximum absolute atomic E-state index is 13.1. The summed E-state index contributed by atoms with van der Waals surface area (Å²) in [5.41, 5.74) is 1.59. The minimum Gasteiger partial charge on any atom is -0.365 e. The minimum atomic E-state index is -0.255. The van der Waals surface area contributed by atoms with Crippen LogP contribution >= 0.6 is 11.6 Å². The van der Waals surface area contributed by atoms with E-state index in [4.69, 9.17) is 11.6 Å². The molecule has 0 aliphatic carbocycles. The molecular weight excluding hydrogens is 279 g/mol. The molecule has 2 heterocycles. The van der Waals surface area contributed by atoms with Crippen LogP contribution in [0.2, 0.25) is 5.28 Å². The van der Waals surface area contributed by atoms with Crippen LogP contribution in [-0.2, 0) is 13.6 Å². The largest absolute Gasteiger partial charge is 0.365 e. The molecule has 3 rings (SSSR count). The number of fused-ring (bicyclic) bond motifs is 1. The number of nitrogens with zero attached hydrogens (tertiary/aromatic N) is 3. The van der Waals surface area contributed by atoms with E-state index in [0.29, 0.717) is 12.4 Å². The highest BCUT2D eigenvalue weighted by molar-refractivity contribution is 6.28. The highest BCUT2D eigenvalue weighted by Gasteiger charge is 2.09. The fraction of sp³-hybridized carbons (Fsp3) is 0.143. The lowest BCUT2D eigenvalue weighted by atomic mass is 10.2. The van der Waals surface area contributed by atoms with Crippen molar-refractivity contribution >= 4 is 28.5 Å². The summed E-state index contributed by atoms with van der Waals surface area (Å²) in [6.45, 7) is 0.467. The third-order valence-corrected chi connectivity index (χ3v) is 3.22. The van der Waals surface area contributed by atoms with E-state index >= 15 is 0 Å². The summed E-state index contributed by atoms with van der Waals surface area (Å²) in [6.07, 6.45) is 1.89. The van der Waals surface area contributed by atoms with Crippen LogP contribution in [0.15, 0.2) is 36.5 Å². The van der Waals surface area contributed by atoms with Gasteiger partial charge < -0.3 is 9.88 Å². The number of benzene rings is 1. The number of anilines is 1. The van der Waals surface area contributed by atoms with Gasteiger partial charge in [-0.1, -0.05) is 12.1 Å². The average molecular weight is 291 g/mol. The van der Waals surface area contributed by atoms with Crippen molar-refractivity contribution in [3.05, 3.63) is 53.2 Å². The Morgan fingerprint density at radius 3 is 2.95 bits per heavy atom. The summed E-state index contributed by atoms with van der Waals surface area (Å²) in [7, 11) is 1.89. The van der Waals surface area contributed by atoms with Crippen LogP contribution in [0.4, 0.5) is 10.2 Å². The van der Waals surface area contributed by atoms with Crippen molar-refractivity contribution < 1.29 is 4.39 Å². The summed E-state index contributed by atoms with van der Waals surface area (Å²) in [4.78, 5) is 8.37. The first-order valence-corrected chi connectivity index (χ1v) is 6.48. The van der Waals surface area contributed by atoms with Crippen LogP contribution in [0, 0.1) is 5.82 Å². The molecule has 0 saturated carbocycles. The molecule has 20 heavy (non-hydrogen) atoms. The normalized spacial score (nSPS) is 10.9. The first-order chi connectivity index (χ1) is 9.63. The molecular formula is C14H12ClFN4. The number of rotatable bonds is 3. The van der Waals surface area contributed by atoms with Crippen molar-refractivity contribution in [3.8, 4) is 0 Å². The highest BCUT2D eigenvalue weighted by atomic mass is 35.5. The molecule has 3 aromatic rings. The molecule has 0 amide bonds. The molecule has 2 aromatic heterocycles. The van der Waals surface area contributed by atoms with Crippen LogP contribution in [0.3, 0.4) is 0 Å². The minimum absolute atomic E-state index is 0.182. The van der Waals surface area contributed by atoms with Gasteiger partial charge in [-0.2, -0.15) is 4.98 Å². The van der Waals surface area contributed by atoms with Crippen molar-refractivity contribution in [2.75, 3.05) is 5.32 Å². The van der Waals surface area contributed by atoms with E-state index in [-0.39, 0.29) is 11.1 Å². The Labute approximate surface area is 120 Å². The number of halogens is 2. The smallest absolute Gasteiger partial charge is 0.226 e. The summed E-state index contributed by atoms with van der Waals surface area (Å²) >= 11 is 5.92. The molecule has 0 fully saturated rings. The lowest BCUT2D eigenvalue weighted by Gasteiger charge is -2.08. The Hall–Kier alpha value is -2.14. The molecule has 0 aliphatic heterocycles.